The first-order chi connectivity index (χ1) is 12.6. The van der Waals surface area contributed by atoms with Crippen LogP contribution in [-0.4, -0.2) is 61.4 Å². The lowest BCUT2D eigenvalue weighted by Crippen LogP contribution is -2.45. The first-order valence-corrected chi connectivity index (χ1v) is 8.71. The van der Waals surface area contributed by atoms with Crippen LogP contribution in [0.15, 0.2) is 23.8 Å². The molecule has 7 heteroatoms. The SMILES string of the molecule is COc1cccc2c1OCC(C(=O)N(CCC(=O)O)C1CCOCC1)=C2. The third-order valence-electron chi connectivity index (χ3n) is 4.66. The number of fused-ring (bicyclic) bond motifs is 1. The molecular formula is C19H23NO6. The first kappa shape index (κ1) is 18.3. The Hall–Kier alpha value is -2.54. The van der Waals surface area contributed by atoms with E-state index in [0.29, 0.717) is 43.1 Å². The molecule has 0 saturated carbocycles. The van der Waals surface area contributed by atoms with Gasteiger partial charge >= 0.3 is 5.97 Å². The molecule has 0 spiro atoms. The van der Waals surface area contributed by atoms with E-state index in [1.165, 1.54) is 0 Å². The Labute approximate surface area is 152 Å². The van der Waals surface area contributed by atoms with Crippen LogP contribution in [0.4, 0.5) is 0 Å². The Morgan fingerprint density at radius 1 is 1.31 bits per heavy atom. The smallest absolute Gasteiger partial charge is 0.305 e. The Kier molecular flexibility index (Phi) is 5.78. The fraction of sp³-hybridized carbons (Fsp3) is 0.474. The van der Waals surface area contributed by atoms with E-state index < -0.39 is 5.97 Å². The van der Waals surface area contributed by atoms with Crippen LogP contribution in [0, 0.1) is 0 Å². The molecule has 7 nitrogen and oxygen atoms in total. The number of carbonyl (C=O) groups is 2. The number of amides is 1. The highest BCUT2D eigenvalue weighted by Gasteiger charge is 2.30. The van der Waals surface area contributed by atoms with Crippen molar-refractivity contribution in [3.8, 4) is 11.5 Å². The highest BCUT2D eigenvalue weighted by atomic mass is 16.5. The van der Waals surface area contributed by atoms with Crippen LogP contribution < -0.4 is 9.47 Å². The fourth-order valence-corrected chi connectivity index (χ4v) is 3.31. The third kappa shape index (κ3) is 3.99. The van der Waals surface area contributed by atoms with Gasteiger partial charge in [-0.05, 0) is 25.0 Å². The summed E-state index contributed by atoms with van der Waals surface area (Å²) in [5, 5.41) is 9.02. The van der Waals surface area contributed by atoms with Gasteiger partial charge in [0.25, 0.3) is 5.91 Å². The molecule has 2 aliphatic heterocycles. The Morgan fingerprint density at radius 3 is 2.77 bits per heavy atom. The number of ether oxygens (including phenoxy) is 3. The van der Waals surface area contributed by atoms with Gasteiger partial charge < -0.3 is 24.2 Å². The van der Waals surface area contributed by atoms with Gasteiger partial charge in [-0.3, -0.25) is 9.59 Å². The topological polar surface area (TPSA) is 85.3 Å². The number of para-hydroxylation sites is 1. The minimum absolute atomic E-state index is 0.0109. The third-order valence-corrected chi connectivity index (χ3v) is 4.66. The maximum Gasteiger partial charge on any atom is 0.305 e. The van der Waals surface area contributed by atoms with Crippen LogP contribution in [0.3, 0.4) is 0 Å². The number of methoxy groups -OCH3 is 1. The number of hydrogen-bond acceptors (Lipinski definition) is 5. The van der Waals surface area contributed by atoms with Gasteiger partial charge in [-0.25, -0.2) is 0 Å². The molecule has 2 aliphatic rings. The molecular weight excluding hydrogens is 338 g/mol. The van der Waals surface area contributed by atoms with Crippen molar-refractivity contribution < 1.29 is 28.9 Å². The number of nitrogens with zero attached hydrogens (tertiary/aromatic N) is 1. The molecule has 1 amide bonds. The number of benzene rings is 1. The maximum absolute atomic E-state index is 13.1. The fourth-order valence-electron chi connectivity index (χ4n) is 3.31. The highest BCUT2D eigenvalue weighted by molar-refractivity contribution is 5.99. The number of aliphatic carboxylic acids is 1. The molecule has 1 fully saturated rings. The predicted octanol–water partition coefficient (Wildman–Crippen LogP) is 1.95. The Morgan fingerprint density at radius 2 is 2.08 bits per heavy atom. The van der Waals surface area contributed by atoms with Crippen molar-refractivity contribution >= 4 is 18.0 Å². The largest absolute Gasteiger partial charge is 0.493 e. The van der Waals surface area contributed by atoms with Crippen LogP contribution in [0.2, 0.25) is 0 Å². The molecule has 1 N–H and O–H groups in total. The van der Waals surface area contributed by atoms with E-state index in [2.05, 4.69) is 0 Å². The van der Waals surface area contributed by atoms with Crippen LogP contribution in [0.5, 0.6) is 11.5 Å². The summed E-state index contributed by atoms with van der Waals surface area (Å²) in [5.74, 6) is 0.151. The Bertz CT molecular complexity index is 708. The van der Waals surface area contributed by atoms with Crippen LogP contribution in [0.25, 0.3) is 6.08 Å². The van der Waals surface area contributed by atoms with Crippen molar-refractivity contribution in [2.45, 2.75) is 25.3 Å². The number of carbonyl (C=O) groups excluding carboxylic acids is 1. The zero-order valence-electron chi connectivity index (χ0n) is 14.8. The van der Waals surface area contributed by atoms with Gasteiger partial charge in [-0.2, -0.15) is 0 Å². The molecule has 0 radical (unpaired) electrons. The van der Waals surface area contributed by atoms with Gasteiger partial charge in [0.2, 0.25) is 0 Å². The first-order valence-electron chi connectivity index (χ1n) is 8.71. The van der Waals surface area contributed by atoms with Crippen molar-refractivity contribution in [2.75, 3.05) is 33.5 Å². The van der Waals surface area contributed by atoms with Crippen molar-refractivity contribution in [2.24, 2.45) is 0 Å². The molecule has 0 atom stereocenters. The summed E-state index contributed by atoms with van der Waals surface area (Å²) in [6, 6.07) is 5.50. The van der Waals surface area contributed by atoms with Crippen molar-refractivity contribution in [3.63, 3.8) is 0 Å². The molecule has 0 unspecified atom stereocenters. The second-order valence-corrected chi connectivity index (χ2v) is 6.32. The van der Waals surface area contributed by atoms with E-state index in [1.54, 1.807) is 24.2 Å². The minimum Gasteiger partial charge on any atom is -0.493 e. The van der Waals surface area contributed by atoms with Gasteiger partial charge in [0.05, 0.1) is 19.1 Å². The molecule has 1 aromatic rings. The van der Waals surface area contributed by atoms with Gasteiger partial charge in [-0.1, -0.05) is 12.1 Å². The van der Waals surface area contributed by atoms with Gasteiger partial charge in [-0.15, -0.1) is 0 Å². The summed E-state index contributed by atoms with van der Waals surface area (Å²) in [7, 11) is 1.57. The lowest BCUT2D eigenvalue weighted by Gasteiger charge is -2.35. The molecule has 0 aromatic heterocycles. The van der Waals surface area contributed by atoms with E-state index in [-0.39, 0.29) is 31.5 Å². The molecule has 140 valence electrons. The van der Waals surface area contributed by atoms with E-state index in [0.717, 1.165) is 5.56 Å². The summed E-state index contributed by atoms with van der Waals surface area (Å²) in [6.45, 7) is 1.48. The monoisotopic (exact) mass is 361 g/mol. The summed E-state index contributed by atoms with van der Waals surface area (Å²) in [5.41, 5.74) is 1.30. The quantitative estimate of drug-likeness (QED) is 0.834. The van der Waals surface area contributed by atoms with Crippen molar-refractivity contribution in [1.29, 1.82) is 0 Å². The van der Waals surface area contributed by atoms with E-state index in [9.17, 15) is 9.59 Å². The standard InChI is InChI=1S/C19H23NO6/c1-24-16-4-2-3-13-11-14(12-26-18(13)16)19(23)20(8-5-17(21)22)15-6-9-25-10-7-15/h2-4,11,15H,5-10,12H2,1H3,(H,21,22). The molecule has 26 heavy (non-hydrogen) atoms. The van der Waals surface area contributed by atoms with E-state index >= 15 is 0 Å². The summed E-state index contributed by atoms with van der Waals surface area (Å²) < 4.78 is 16.4. The zero-order chi connectivity index (χ0) is 18.5. The molecule has 0 aliphatic carbocycles. The average molecular weight is 361 g/mol. The Balaban J connectivity index is 1.83. The minimum atomic E-state index is -0.918. The predicted molar refractivity (Wildman–Crippen MR) is 94.3 cm³/mol. The maximum atomic E-state index is 13.1. The van der Waals surface area contributed by atoms with Gasteiger partial charge in [0, 0.05) is 31.4 Å². The second kappa shape index (κ2) is 8.23. The van der Waals surface area contributed by atoms with Crippen molar-refractivity contribution in [3.05, 3.63) is 29.3 Å². The summed E-state index contributed by atoms with van der Waals surface area (Å²) in [6.07, 6.45) is 3.15. The molecule has 3 rings (SSSR count). The van der Waals surface area contributed by atoms with E-state index in [4.69, 9.17) is 19.3 Å². The normalized spacial score (nSPS) is 16.9. The lowest BCUT2D eigenvalue weighted by molar-refractivity contribution is -0.139. The number of rotatable bonds is 6. The molecule has 2 heterocycles. The van der Waals surface area contributed by atoms with E-state index in [1.807, 2.05) is 12.1 Å². The number of hydrogen-bond donors (Lipinski definition) is 1. The van der Waals surface area contributed by atoms with Crippen LogP contribution in [-0.2, 0) is 14.3 Å². The van der Waals surface area contributed by atoms with Gasteiger partial charge in [0.15, 0.2) is 11.5 Å². The van der Waals surface area contributed by atoms with Crippen LogP contribution in [0.1, 0.15) is 24.8 Å². The lowest BCUT2D eigenvalue weighted by atomic mass is 10.0. The molecule has 1 aromatic carbocycles. The summed E-state index contributed by atoms with van der Waals surface area (Å²) in [4.78, 5) is 25.8. The van der Waals surface area contributed by atoms with Gasteiger partial charge in [0.1, 0.15) is 6.61 Å². The van der Waals surface area contributed by atoms with Crippen molar-refractivity contribution in [1.82, 2.24) is 4.90 Å². The molecule has 0 bridgehead atoms. The number of carboxylic acids is 1. The summed E-state index contributed by atoms with van der Waals surface area (Å²) >= 11 is 0. The molecule has 1 saturated heterocycles. The number of carboxylic acid groups (broad SMARTS) is 1. The zero-order valence-corrected chi connectivity index (χ0v) is 14.8. The average Bonchev–Trinajstić information content (AvgIpc) is 2.67. The van der Waals surface area contributed by atoms with Crippen LogP contribution >= 0.6 is 0 Å². The second-order valence-electron chi connectivity index (χ2n) is 6.32. The highest BCUT2D eigenvalue weighted by Crippen LogP contribution is 2.36.